The lowest BCUT2D eigenvalue weighted by atomic mass is 10.1. The number of carbonyl (C=O) groups excluding carboxylic acids is 1. The Labute approximate surface area is 120 Å². The number of rotatable bonds is 3. The fraction of sp³-hybridized carbons (Fsp3) is 0.312. The van der Waals surface area contributed by atoms with Gasteiger partial charge in [-0.05, 0) is 13.0 Å². The van der Waals surface area contributed by atoms with E-state index in [1.54, 1.807) is 25.1 Å². The van der Waals surface area contributed by atoms with Crippen LogP contribution in [-0.2, 0) is 9.53 Å². The molecule has 0 bridgehead atoms. The Hall–Kier alpha value is -1.86. The fourth-order valence-electron chi connectivity index (χ4n) is 1.42. The molecule has 0 unspecified atom stereocenters. The summed E-state index contributed by atoms with van der Waals surface area (Å²) >= 11 is 0. The summed E-state index contributed by atoms with van der Waals surface area (Å²) in [6.45, 7) is 8.26. The molecule has 1 aromatic rings. The molecule has 1 aromatic carbocycles. The van der Waals surface area contributed by atoms with E-state index in [4.69, 9.17) is 4.74 Å². The third-order valence-corrected chi connectivity index (χ3v) is 3.16. The lowest BCUT2D eigenvalue weighted by molar-refractivity contribution is -0.137. The molecule has 0 saturated heterocycles. The molecule has 0 amide bonds. The van der Waals surface area contributed by atoms with Crippen LogP contribution in [-0.4, -0.2) is 20.7 Å². The predicted octanol–water partition coefficient (Wildman–Crippen LogP) is 3.65. The van der Waals surface area contributed by atoms with Gasteiger partial charge >= 0.3 is 5.97 Å². The van der Waals surface area contributed by atoms with E-state index in [0.717, 1.165) is 0 Å². The van der Waals surface area contributed by atoms with Gasteiger partial charge in [0.1, 0.15) is 13.9 Å². The molecule has 2 nitrogen and oxygen atoms in total. The highest BCUT2D eigenvalue weighted by Crippen LogP contribution is 2.18. The van der Waals surface area contributed by atoms with E-state index in [9.17, 15) is 9.18 Å². The molecule has 0 N–H and O–H groups in total. The van der Waals surface area contributed by atoms with Crippen LogP contribution in [0.15, 0.2) is 30.3 Å². The van der Waals surface area contributed by atoms with Crippen molar-refractivity contribution in [3.05, 3.63) is 41.7 Å². The number of hydrogen-bond donors (Lipinski definition) is 0. The van der Waals surface area contributed by atoms with Crippen molar-refractivity contribution in [1.82, 2.24) is 0 Å². The molecule has 0 spiro atoms. The van der Waals surface area contributed by atoms with Gasteiger partial charge in [-0.1, -0.05) is 43.8 Å². The molecule has 0 saturated carbocycles. The van der Waals surface area contributed by atoms with Crippen molar-refractivity contribution >= 4 is 19.6 Å². The first-order chi connectivity index (χ1) is 9.33. The molecule has 1 rings (SSSR count). The van der Waals surface area contributed by atoms with Gasteiger partial charge in [-0.3, -0.25) is 0 Å². The van der Waals surface area contributed by atoms with Crippen LogP contribution in [0.25, 0.3) is 5.57 Å². The van der Waals surface area contributed by atoms with E-state index in [-0.39, 0.29) is 6.61 Å². The molecule has 0 aromatic heterocycles. The van der Waals surface area contributed by atoms with Gasteiger partial charge in [-0.25, -0.2) is 9.18 Å². The highest BCUT2D eigenvalue weighted by molar-refractivity contribution is 6.84. The van der Waals surface area contributed by atoms with Crippen molar-refractivity contribution in [2.75, 3.05) is 6.61 Å². The van der Waals surface area contributed by atoms with Crippen LogP contribution >= 0.6 is 0 Å². The zero-order chi connectivity index (χ0) is 15.2. The normalized spacial score (nSPS) is 11.6. The number of carbonyl (C=O) groups is 1. The van der Waals surface area contributed by atoms with Crippen LogP contribution in [0.3, 0.4) is 0 Å². The van der Waals surface area contributed by atoms with Gasteiger partial charge < -0.3 is 4.74 Å². The van der Waals surface area contributed by atoms with Crippen molar-refractivity contribution in [3.63, 3.8) is 0 Å². The summed E-state index contributed by atoms with van der Waals surface area (Å²) in [7, 11) is -1.62. The minimum atomic E-state index is -1.62. The van der Waals surface area contributed by atoms with Gasteiger partial charge in [0.25, 0.3) is 0 Å². The topological polar surface area (TPSA) is 26.3 Å². The van der Waals surface area contributed by atoms with Crippen LogP contribution in [0.2, 0.25) is 19.6 Å². The van der Waals surface area contributed by atoms with Crippen LogP contribution in [0.1, 0.15) is 12.5 Å². The molecule has 0 aliphatic heterocycles. The Balaban J connectivity index is 3.24. The zero-order valence-corrected chi connectivity index (χ0v) is 13.3. The highest BCUT2D eigenvalue weighted by atomic mass is 28.3. The number of esters is 1. The first-order valence-electron chi connectivity index (χ1n) is 6.50. The largest absolute Gasteiger partial charge is 0.463 e. The number of hydrogen-bond acceptors (Lipinski definition) is 2. The molecule has 106 valence electrons. The molecule has 0 aliphatic rings. The van der Waals surface area contributed by atoms with Crippen LogP contribution in [0.5, 0.6) is 0 Å². The summed E-state index contributed by atoms with van der Waals surface area (Å²) in [5, 5.41) is 0. The Kier molecular flexibility index (Phi) is 5.72. The van der Waals surface area contributed by atoms with E-state index in [1.807, 2.05) is 0 Å². The van der Waals surface area contributed by atoms with Crippen LogP contribution < -0.4 is 0 Å². The number of halogens is 1. The molecular weight excluding hydrogens is 271 g/mol. The monoisotopic (exact) mass is 290 g/mol. The smallest absolute Gasteiger partial charge is 0.332 e. The predicted molar refractivity (Wildman–Crippen MR) is 82.1 cm³/mol. The van der Waals surface area contributed by atoms with Crippen molar-refractivity contribution in [1.29, 1.82) is 0 Å². The zero-order valence-electron chi connectivity index (χ0n) is 12.3. The minimum absolute atomic E-state index is 0.279. The number of ether oxygens (including phenoxy) is 1. The standard InChI is InChI=1S/C16H19FO2Si/c1-5-19-16(18)12-13(10-11-20(2,3)4)14-8-6-7-9-15(14)17/h6-9,12H,5H2,1-4H3. The first kappa shape index (κ1) is 16.2. The van der Waals surface area contributed by atoms with Gasteiger partial charge in [0, 0.05) is 17.2 Å². The molecule has 0 atom stereocenters. The van der Waals surface area contributed by atoms with Gasteiger partial charge in [0.2, 0.25) is 0 Å². The second kappa shape index (κ2) is 7.06. The lowest BCUT2D eigenvalue weighted by Gasteiger charge is -2.06. The van der Waals surface area contributed by atoms with Gasteiger partial charge in [-0.15, -0.1) is 5.54 Å². The first-order valence-corrected chi connectivity index (χ1v) is 10.00. The number of benzene rings is 1. The second-order valence-electron chi connectivity index (χ2n) is 5.29. The maximum absolute atomic E-state index is 13.8. The third kappa shape index (κ3) is 5.41. The molecule has 4 heteroatoms. The van der Waals surface area contributed by atoms with Crippen molar-refractivity contribution in [3.8, 4) is 11.5 Å². The van der Waals surface area contributed by atoms with Gasteiger partial charge in [0.05, 0.1) is 6.61 Å². The lowest BCUT2D eigenvalue weighted by Crippen LogP contribution is -2.16. The average molecular weight is 290 g/mol. The third-order valence-electron chi connectivity index (χ3n) is 2.28. The van der Waals surface area contributed by atoms with Crippen molar-refractivity contribution in [2.45, 2.75) is 26.6 Å². The fourth-order valence-corrected chi connectivity index (χ4v) is 1.93. The van der Waals surface area contributed by atoms with Gasteiger partial charge in [-0.2, -0.15) is 0 Å². The maximum atomic E-state index is 13.8. The second-order valence-corrected chi connectivity index (χ2v) is 10.0. The van der Waals surface area contributed by atoms with E-state index in [2.05, 4.69) is 31.1 Å². The summed E-state index contributed by atoms with van der Waals surface area (Å²) in [4.78, 5) is 11.6. The highest BCUT2D eigenvalue weighted by Gasteiger charge is 2.11. The number of allylic oxidation sites excluding steroid dienone is 1. The van der Waals surface area contributed by atoms with Crippen LogP contribution in [0.4, 0.5) is 4.39 Å². The Morgan fingerprint density at radius 1 is 1.35 bits per heavy atom. The average Bonchev–Trinajstić information content (AvgIpc) is 2.34. The summed E-state index contributed by atoms with van der Waals surface area (Å²) in [6.07, 6.45) is 1.26. The van der Waals surface area contributed by atoms with E-state index >= 15 is 0 Å². The summed E-state index contributed by atoms with van der Waals surface area (Å²) in [5.41, 5.74) is 3.83. The van der Waals surface area contributed by atoms with Crippen molar-refractivity contribution in [2.24, 2.45) is 0 Å². The minimum Gasteiger partial charge on any atom is -0.463 e. The maximum Gasteiger partial charge on any atom is 0.332 e. The van der Waals surface area contributed by atoms with Crippen LogP contribution in [0, 0.1) is 17.3 Å². The summed E-state index contributed by atoms with van der Waals surface area (Å²) < 4.78 is 18.7. The van der Waals surface area contributed by atoms with E-state index in [0.29, 0.717) is 11.1 Å². The molecular formula is C16H19FO2Si. The SMILES string of the molecule is CCOC(=O)C=C(C#C[Si](C)(C)C)c1ccccc1F. The summed E-state index contributed by atoms with van der Waals surface area (Å²) in [5.74, 6) is 2.04. The molecule has 0 fully saturated rings. The molecule has 0 radical (unpaired) electrons. The summed E-state index contributed by atoms with van der Waals surface area (Å²) in [6, 6.07) is 6.28. The molecule has 0 aliphatic carbocycles. The Morgan fingerprint density at radius 3 is 2.55 bits per heavy atom. The molecule has 20 heavy (non-hydrogen) atoms. The Bertz CT molecular complexity index is 574. The quantitative estimate of drug-likeness (QED) is 0.367. The molecule has 0 heterocycles. The van der Waals surface area contributed by atoms with E-state index < -0.39 is 19.9 Å². The van der Waals surface area contributed by atoms with E-state index in [1.165, 1.54) is 12.1 Å². The Morgan fingerprint density at radius 2 is 2.00 bits per heavy atom. The van der Waals surface area contributed by atoms with Crippen molar-refractivity contribution < 1.29 is 13.9 Å². The van der Waals surface area contributed by atoms with Gasteiger partial charge in [0.15, 0.2) is 0 Å².